The van der Waals surface area contributed by atoms with E-state index in [1.807, 2.05) is 30.3 Å². The Balaban J connectivity index is 1.28. The van der Waals surface area contributed by atoms with Gasteiger partial charge in [0.15, 0.2) is 0 Å². The summed E-state index contributed by atoms with van der Waals surface area (Å²) in [5.74, 6) is 2.23. The number of pyridine rings is 2. The average Bonchev–Trinajstić information content (AvgIpc) is 3.02. The molecule has 2 aromatic heterocycles. The number of aromatic nitrogens is 2. The van der Waals surface area contributed by atoms with Crippen molar-refractivity contribution < 1.29 is 14.6 Å². The summed E-state index contributed by atoms with van der Waals surface area (Å²) in [6.07, 6.45) is 8.57. The quantitative estimate of drug-likeness (QED) is 0.541. The van der Waals surface area contributed by atoms with Gasteiger partial charge in [0, 0.05) is 49.6 Å². The number of fused-ring (bicyclic) bond motifs is 2. The molecule has 0 atom stereocenters. The number of likely N-dealkylation sites (tertiary alicyclic amines) is 1. The second kappa shape index (κ2) is 9.74. The lowest BCUT2D eigenvalue weighted by molar-refractivity contribution is -0.0288. The van der Waals surface area contributed by atoms with Gasteiger partial charge >= 0.3 is 0 Å². The van der Waals surface area contributed by atoms with Crippen LogP contribution in [0.1, 0.15) is 36.1 Å². The smallest absolute Gasteiger partial charge is 0.226 e. The van der Waals surface area contributed by atoms with E-state index >= 15 is 0 Å². The van der Waals surface area contributed by atoms with Crippen LogP contribution in [0.2, 0.25) is 5.02 Å². The number of aliphatic hydroxyl groups is 1. The molecule has 3 aromatic rings. The molecular formula is C27H28ClN3O3. The van der Waals surface area contributed by atoms with E-state index in [1.54, 1.807) is 25.6 Å². The molecule has 1 aromatic carbocycles. The largest absolute Gasteiger partial charge is 0.496 e. The molecule has 0 saturated carbocycles. The van der Waals surface area contributed by atoms with Crippen molar-refractivity contribution in [2.45, 2.75) is 31.3 Å². The molecule has 0 radical (unpaired) electrons. The Morgan fingerprint density at radius 2 is 2.00 bits per heavy atom. The summed E-state index contributed by atoms with van der Waals surface area (Å²) >= 11 is 5.95. The maximum atomic E-state index is 11.1. The SMILES string of the molecule is COc1cccc2c1C/C(=C/CCN1CCC(O)(c3ccc(Cl)cn3)CC1)c1cccnc1O2. The van der Waals surface area contributed by atoms with Crippen LogP contribution in [-0.4, -0.2) is 46.7 Å². The molecule has 0 bridgehead atoms. The van der Waals surface area contributed by atoms with Gasteiger partial charge in [0.1, 0.15) is 17.1 Å². The highest BCUT2D eigenvalue weighted by Crippen LogP contribution is 2.41. The molecule has 0 spiro atoms. The topological polar surface area (TPSA) is 67.7 Å². The normalized spacial score (nSPS) is 18.5. The molecule has 34 heavy (non-hydrogen) atoms. The zero-order valence-corrected chi connectivity index (χ0v) is 20.0. The van der Waals surface area contributed by atoms with Crippen LogP contribution < -0.4 is 9.47 Å². The lowest BCUT2D eigenvalue weighted by Gasteiger charge is -2.37. The number of methoxy groups -OCH3 is 1. The predicted molar refractivity (Wildman–Crippen MR) is 132 cm³/mol. The van der Waals surface area contributed by atoms with Gasteiger partial charge in [-0.2, -0.15) is 0 Å². The Kier molecular flexibility index (Phi) is 6.55. The van der Waals surface area contributed by atoms with E-state index in [0.29, 0.717) is 29.4 Å². The maximum Gasteiger partial charge on any atom is 0.226 e. The van der Waals surface area contributed by atoms with Crippen molar-refractivity contribution in [1.29, 1.82) is 0 Å². The van der Waals surface area contributed by atoms with Crippen LogP contribution in [0.25, 0.3) is 5.57 Å². The van der Waals surface area contributed by atoms with E-state index in [1.165, 1.54) is 5.57 Å². The van der Waals surface area contributed by atoms with Gasteiger partial charge in [0.25, 0.3) is 0 Å². The summed E-state index contributed by atoms with van der Waals surface area (Å²) < 4.78 is 11.8. The summed E-state index contributed by atoms with van der Waals surface area (Å²) in [4.78, 5) is 11.2. The molecule has 0 aliphatic carbocycles. The molecule has 7 heteroatoms. The van der Waals surface area contributed by atoms with Crippen molar-refractivity contribution in [2.75, 3.05) is 26.7 Å². The third-order valence-corrected chi connectivity index (χ3v) is 6.95. The number of ether oxygens (including phenoxy) is 2. The minimum Gasteiger partial charge on any atom is -0.496 e. The molecule has 2 aliphatic heterocycles. The van der Waals surface area contributed by atoms with Crippen LogP contribution >= 0.6 is 11.6 Å². The predicted octanol–water partition coefficient (Wildman–Crippen LogP) is 5.24. The number of nitrogens with zero attached hydrogens (tertiary/aromatic N) is 3. The molecular weight excluding hydrogens is 450 g/mol. The number of allylic oxidation sites excluding steroid dienone is 1. The van der Waals surface area contributed by atoms with Crippen molar-refractivity contribution >= 4 is 17.2 Å². The maximum absolute atomic E-state index is 11.1. The van der Waals surface area contributed by atoms with Gasteiger partial charge in [0.05, 0.1) is 17.8 Å². The minimum atomic E-state index is -0.886. The first-order valence-corrected chi connectivity index (χ1v) is 12.0. The van der Waals surface area contributed by atoms with Crippen molar-refractivity contribution in [1.82, 2.24) is 14.9 Å². The first-order chi connectivity index (χ1) is 16.6. The third kappa shape index (κ3) is 4.67. The van der Waals surface area contributed by atoms with Gasteiger partial charge in [-0.05, 0) is 61.2 Å². The number of hydrogen-bond donors (Lipinski definition) is 1. The molecule has 2 aliphatic rings. The first kappa shape index (κ1) is 22.8. The molecule has 176 valence electrons. The third-order valence-electron chi connectivity index (χ3n) is 6.72. The minimum absolute atomic E-state index is 0.582. The van der Waals surface area contributed by atoms with Crippen LogP contribution in [0.3, 0.4) is 0 Å². The first-order valence-electron chi connectivity index (χ1n) is 11.6. The van der Waals surface area contributed by atoms with Gasteiger partial charge in [-0.3, -0.25) is 4.98 Å². The summed E-state index contributed by atoms with van der Waals surface area (Å²) in [6.45, 7) is 2.56. The van der Waals surface area contributed by atoms with Gasteiger partial charge in [0.2, 0.25) is 5.88 Å². The van der Waals surface area contributed by atoms with Gasteiger partial charge < -0.3 is 19.5 Å². The molecule has 0 unspecified atom stereocenters. The fourth-order valence-electron chi connectivity index (χ4n) is 4.77. The van der Waals surface area contributed by atoms with Crippen LogP contribution in [0.4, 0.5) is 0 Å². The van der Waals surface area contributed by atoms with E-state index < -0.39 is 5.60 Å². The average molecular weight is 478 g/mol. The standard InChI is InChI=1S/C27H28ClN3O3/c1-33-23-7-2-8-24-22(23)17-19(21-6-3-13-29-26(21)34-24)5-4-14-31-15-11-27(32,12-16-31)25-10-9-20(28)18-30-25/h2-3,5-10,13,18,32H,4,11-12,14-17H2,1H3/b19-5-. The summed E-state index contributed by atoms with van der Waals surface area (Å²) in [6, 6.07) is 13.5. The van der Waals surface area contributed by atoms with E-state index in [2.05, 4.69) is 27.0 Å². The zero-order valence-electron chi connectivity index (χ0n) is 19.2. The number of hydrogen-bond acceptors (Lipinski definition) is 6. The Morgan fingerprint density at radius 1 is 1.15 bits per heavy atom. The van der Waals surface area contributed by atoms with Crippen LogP contribution in [0.15, 0.2) is 60.9 Å². The van der Waals surface area contributed by atoms with Crippen molar-refractivity contribution in [2.24, 2.45) is 0 Å². The fraction of sp³-hybridized carbons (Fsp3) is 0.333. The Morgan fingerprint density at radius 3 is 2.76 bits per heavy atom. The monoisotopic (exact) mass is 477 g/mol. The number of piperidine rings is 1. The Hall–Kier alpha value is -2.93. The summed E-state index contributed by atoms with van der Waals surface area (Å²) in [5.41, 5.74) is 3.05. The van der Waals surface area contributed by atoms with Crippen molar-refractivity contribution in [3.63, 3.8) is 0 Å². The highest BCUT2D eigenvalue weighted by Gasteiger charge is 2.35. The van der Waals surface area contributed by atoms with Crippen molar-refractivity contribution in [3.8, 4) is 17.4 Å². The second-order valence-corrected chi connectivity index (χ2v) is 9.26. The molecule has 4 heterocycles. The molecule has 1 saturated heterocycles. The van der Waals surface area contributed by atoms with E-state index in [4.69, 9.17) is 21.1 Å². The van der Waals surface area contributed by atoms with E-state index in [0.717, 1.165) is 55.1 Å². The molecule has 5 rings (SSSR count). The van der Waals surface area contributed by atoms with Crippen LogP contribution in [0.5, 0.6) is 17.4 Å². The fourth-order valence-corrected chi connectivity index (χ4v) is 4.88. The van der Waals surface area contributed by atoms with E-state index in [9.17, 15) is 5.11 Å². The molecule has 1 N–H and O–H groups in total. The van der Waals surface area contributed by atoms with Crippen molar-refractivity contribution in [3.05, 3.63) is 82.8 Å². The molecule has 1 fully saturated rings. The highest BCUT2D eigenvalue weighted by molar-refractivity contribution is 6.30. The summed E-state index contributed by atoms with van der Waals surface area (Å²) in [5, 5.41) is 11.7. The highest BCUT2D eigenvalue weighted by atomic mass is 35.5. The van der Waals surface area contributed by atoms with Gasteiger partial charge in [-0.25, -0.2) is 4.98 Å². The number of benzene rings is 1. The molecule has 0 amide bonds. The zero-order chi connectivity index (χ0) is 23.5. The Bertz CT molecular complexity index is 1190. The number of halogens is 1. The van der Waals surface area contributed by atoms with Crippen LogP contribution in [0, 0.1) is 0 Å². The second-order valence-electron chi connectivity index (χ2n) is 8.82. The van der Waals surface area contributed by atoms with E-state index in [-0.39, 0.29) is 0 Å². The number of rotatable bonds is 5. The lowest BCUT2D eigenvalue weighted by Crippen LogP contribution is -2.43. The lowest BCUT2D eigenvalue weighted by atomic mass is 9.87. The Labute approximate surface area is 204 Å². The van der Waals surface area contributed by atoms with Gasteiger partial charge in [-0.15, -0.1) is 0 Å². The van der Waals surface area contributed by atoms with Crippen LogP contribution in [-0.2, 0) is 12.0 Å². The summed E-state index contributed by atoms with van der Waals surface area (Å²) in [7, 11) is 1.69. The van der Waals surface area contributed by atoms with Gasteiger partial charge in [-0.1, -0.05) is 23.7 Å². The molecule has 6 nitrogen and oxygen atoms in total.